The van der Waals surface area contributed by atoms with Crippen LogP contribution in [0.1, 0.15) is 35.3 Å². The number of likely N-dealkylation sites (N-methyl/N-ethyl adjacent to an activating group) is 1. The van der Waals surface area contributed by atoms with Gasteiger partial charge in [0, 0.05) is 36.5 Å². The van der Waals surface area contributed by atoms with Crippen molar-refractivity contribution in [1.82, 2.24) is 0 Å². The Kier molecular flexibility index (Phi) is 6.97. The summed E-state index contributed by atoms with van der Waals surface area (Å²) in [7, 11) is 3.28. The maximum Gasteiger partial charge on any atom is 0.346 e. The lowest BCUT2D eigenvalue weighted by molar-refractivity contribution is -0.121. The maximum atomic E-state index is 14.0. The van der Waals surface area contributed by atoms with Crippen molar-refractivity contribution in [2.75, 3.05) is 29.7 Å². The Morgan fingerprint density at radius 2 is 1.88 bits per heavy atom. The minimum Gasteiger partial charge on any atom is -0.496 e. The van der Waals surface area contributed by atoms with Crippen molar-refractivity contribution in [3.8, 4) is 22.6 Å². The lowest BCUT2D eigenvalue weighted by Crippen LogP contribution is -2.52. The van der Waals surface area contributed by atoms with Gasteiger partial charge in [-0.3, -0.25) is 4.79 Å². The summed E-state index contributed by atoms with van der Waals surface area (Å²) in [5.74, 6) is -0.217. The molecule has 206 valence electrons. The van der Waals surface area contributed by atoms with E-state index in [1.807, 2.05) is 32.9 Å². The molecule has 3 aromatic carbocycles. The molecule has 1 aromatic heterocycles. The van der Waals surface area contributed by atoms with Crippen LogP contribution in [0.2, 0.25) is 0 Å². The van der Waals surface area contributed by atoms with Crippen molar-refractivity contribution < 1.29 is 27.9 Å². The molecule has 0 spiro atoms. The largest absolute Gasteiger partial charge is 0.496 e. The summed E-state index contributed by atoms with van der Waals surface area (Å²) in [6.45, 7) is 5.87. The maximum absolute atomic E-state index is 14.0. The number of rotatable bonds is 7. The summed E-state index contributed by atoms with van der Waals surface area (Å²) in [6, 6.07) is 15.1. The van der Waals surface area contributed by atoms with Crippen molar-refractivity contribution in [2.24, 2.45) is 0 Å². The van der Waals surface area contributed by atoms with E-state index in [0.717, 1.165) is 27.9 Å². The number of methoxy groups -OCH3 is 1. The van der Waals surface area contributed by atoms with E-state index in [0.29, 0.717) is 35.0 Å². The van der Waals surface area contributed by atoms with Crippen molar-refractivity contribution >= 4 is 28.9 Å². The minimum absolute atomic E-state index is 0.0891. The number of ether oxygens (including phenoxy) is 2. The van der Waals surface area contributed by atoms with E-state index >= 15 is 0 Å². The zero-order valence-electron chi connectivity index (χ0n) is 22.9. The fourth-order valence-corrected chi connectivity index (χ4v) is 4.93. The monoisotopic (exact) mass is 543 g/mol. The van der Waals surface area contributed by atoms with Crippen LogP contribution in [-0.2, 0) is 11.3 Å². The molecule has 0 atom stereocenters. The average Bonchev–Trinajstić information content (AvgIpc) is 3.47. The van der Waals surface area contributed by atoms with E-state index in [9.17, 15) is 14.0 Å². The average molecular weight is 544 g/mol. The second kappa shape index (κ2) is 10.4. The minimum atomic E-state index is -0.786. The van der Waals surface area contributed by atoms with Gasteiger partial charge < -0.3 is 29.4 Å². The molecule has 4 aromatic rings. The first kappa shape index (κ1) is 26.8. The second-order valence-electron chi connectivity index (χ2n) is 10.2. The third kappa shape index (κ3) is 4.98. The quantitative estimate of drug-likeness (QED) is 0.206. The zero-order chi connectivity index (χ0) is 28.6. The van der Waals surface area contributed by atoms with Crippen LogP contribution in [0.5, 0.6) is 11.5 Å². The molecule has 2 heterocycles. The molecule has 40 heavy (non-hydrogen) atoms. The van der Waals surface area contributed by atoms with E-state index in [1.54, 1.807) is 36.2 Å². The van der Waals surface area contributed by atoms with Gasteiger partial charge in [-0.2, -0.15) is 0 Å². The Bertz CT molecular complexity index is 1600. The molecule has 8 nitrogen and oxygen atoms in total. The summed E-state index contributed by atoms with van der Waals surface area (Å²) in [6.07, 6.45) is 2.71. The van der Waals surface area contributed by atoms with Crippen LogP contribution >= 0.6 is 0 Å². The molecule has 1 aliphatic heterocycles. The number of benzene rings is 3. The predicted octanol–water partition coefficient (Wildman–Crippen LogP) is 6.40. The molecular weight excluding hydrogens is 513 g/mol. The van der Waals surface area contributed by atoms with Gasteiger partial charge in [0.15, 0.2) is 0 Å². The van der Waals surface area contributed by atoms with Crippen molar-refractivity contribution in [1.29, 1.82) is 0 Å². The smallest absolute Gasteiger partial charge is 0.346 e. The number of hydrogen-bond acceptors (Lipinski definition) is 7. The number of esters is 1. The number of nitrogens with zero attached hydrogens (tertiary/aromatic N) is 1. The first-order valence-corrected chi connectivity index (χ1v) is 12.7. The summed E-state index contributed by atoms with van der Waals surface area (Å²) < 4.78 is 30.2. The third-order valence-electron chi connectivity index (χ3n) is 6.99. The summed E-state index contributed by atoms with van der Waals surface area (Å²) in [5.41, 5.74) is 4.88. The van der Waals surface area contributed by atoms with Gasteiger partial charge in [0.05, 0.1) is 30.3 Å². The molecule has 1 aliphatic rings. The van der Waals surface area contributed by atoms with Gasteiger partial charge in [-0.15, -0.1) is 0 Å². The highest BCUT2D eigenvalue weighted by Crippen LogP contribution is 2.45. The first-order valence-electron chi connectivity index (χ1n) is 12.7. The molecule has 5 rings (SSSR count). The number of furan rings is 1. The normalized spacial score (nSPS) is 13.8. The Hall–Kier alpha value is -4.79. The molecule has 0 aliphatic carbocycles. The summed E-state index contributed by atoms with van der Waals surface area (Å²) in [4.78, 5) is 27.3. The molecular formula is C31H30FN3O5. The number of amides is 1. The van der Waals surface area contributed by atoms with E-state index in [2.05, 4.69) is 10.6 Å². The zero-order valence-corrected chi connectivity index (χ0v) is 22.9. The summed E-state index contributed by atoms with van der Waals surface area (Å²) >= 11 is 0. The number of carbonyl (C=O) groups excluding carboxylic acids is 2. The number of halogens is 1. The lowest BCUT2D eigenvalue weighted by atomic mass is 9.91. The van der Waals surface area contributed by atoms with Gasteiger partial charge in [-0.1, -0.05) is 12.1 Å². The van der Waals surface area contributed by atoms with Crippen LogP contribution < -0.4 is 25.0 Å². The highest BCUT2D eigenvalue weighted by Gasteiger charge is 2.38. The number of nitrogens with one attached hydrogen (secondary N) is 2. The predicted molar refractivity (Wildman–Crippen MR) is 152 cm³/mol. The highest BCUT2D eigenvalue weighted by molar-refractivity contribution is 6.09. The lowest BCUT2D eigenvalue weighted by Gasteiger charge is -2.40. The van der Waals surface area contributed by atoms with Crippen LogP contribution in [0.3, 0.4) is 0 Å². The van der Waals surface area contributed by atoms with E-state index < -0.39 is 11.5 Å². The van der Waals surface area contributed by atoms with Crippen molar-refractivity contribution in [2.45, 2.75) is 32.9 Å². The number of carbonyl (C=O) groups is 2. The SMILES string of the molecule is COc1cc(OC(=O)c2ccoc2)ccc1-c1ccc2c(c1CNc1cc(F)ccc1C)N(C)C(=O)C(C)(C)N2. The van der Waals surface area contributed by atoms with Gasteiger partial charge in [0.25, 0.3) is 5.91 Å². The van der Waals surface area contributed by atoms with Crippen LogP contribution in [0.25, 0.3) is 11.1 Å². The number of aryl methyl sites for hydroxylation is 1. The molecule has 0 saturated carbocycles. The van der Waals surface area contributed by atoms with Crippen molar-refractivity contribution in [3.05, 3.63) is 89.6 Å². The second-order valence-corrected chi connectivity index (χ2v) is 10.2. The van der Waals surface area contributed by atoms with Gasteiger partial charge in [-0.05, 0) is 68.3 Å². The number of hydrogen-bond donors (Lipinski definition) is 2. The Morgan fingerprint density at radius 3 is 2.60 bits per heavy atom. The highest BCUT2D eigenvalue weighted by atomic mass is 19.1. The van der Waals surface area contributed by atoms with E-state index in [-0.39, 0.29) is 11.7 Å². The molecule has 0 bridgehead atoms. The van der Waals surface area contributed by atoms with Crippen LogP contribution in [0.4, 0.5) is 21.5 Å². The topological polar surface area (TPSA) is 93.0 Å². The van der Waals surface area contributed by atoms with Crippen molar-refractivity contribution in [3.63, 3.8) is 0 Å². The molecule has 0 saturated heterocycles. The van der Waals surface area contributed by atoms with Gasteiger partial charge in [0.1, 0.15) is 29.1 Å². The molecule has 1 amide bonds. The number of fused-ring (bicyclic) bond motifs is 1. The van der Waals surface area contributed by atoms with E-state index in [4.69, 9.17) is 13.9 Å². The molecule has 0 fully saturated rings. The Morgan fingerprint density at radius 1 is 1.10 bits per heavy atom. The third-order valence-corrected chi connectivity index (χ3v) is 6.99. The van der Waals surface area contributed by atoms with Gasteiger partial charge in [0.2, 0.25) is 0 Å². The Labute approximate surface area is 231 Å². The van der Waals surface area contributed by atoms with E-state index in [1.165, 1.54) is 37.8 Å². The fourth-order valence-electron chi connectivity index (χ4n) is 4.93. The fraction of sp³-hybridized carbons (Fsp3) is 0.226. The molecule has 2 N–H and O–H groups in total. The van der Waals surface area contributed by atoms with Crippen LogP contribution in [0, 0.1) is 12.7 Å². The molecule has 9 heteroatoms. The standard InChI is InChI=1S/C31H30FN3O5/c1-18-6-7-20(32)14-26(18)33-16-24-22(10-11-25-28(24)35(4)30(37)31(2,3)34-25)23-9-8-21(15-27(23)38-5)40-29(36)19-12-13-39-17-19/h6-15,17,33-34H,16H2,1-5H3. The Balaban J connectivity index is 1.59. The van der Waals surface area contributed by atoms with Gasteiger partial charge >= 0.3 is 5.97 Å². The molecule has 0 radical (unpaired) electrons. The van der Waals surface area contributed by atoms with Crippen LogP contribution in [-0.4, -0.2) is 31.6 Å². The van der Waals surface area contributed by atoms with Gasteiger partial charge in [-0.25, -0.2) is 9.18 Å². The first-order chi connectivity index (χ1) is 19.1. The summed E-state index contributed by atoms with van der Waals surface area (Å²) in [5, 5.41) is 6.70. The number of anilines is 3. The van der Waals surface area contributed by atoms with Crippen LogP contribution in [0.15, 0.2) is 71.5 Å². The molecule has 0 unspecified atom stereocenters.